The van der Waals surface area contributed by atoms with E-state index in [0.717, 1.165) is 0 Å². The normalized spacial score (nSPS) is 69.5. The van der Waals surface area contributed by atoms with E-state index >= 15 is 0 Å². The molecular formula is C20H30O8. The van der Waals surface area contributed by atoms with Crippen LogP contribution in [0.15, 0.2) is 12.2 Å². The summed E-state index contributed by atoms with van der Waals surface area (Å²) in [5.74, 6) is -2.90. The first-order valence-corrected chi connectivity index (χ1v) is 9.91. The van der Waals surface area contributed by atoms with Gasteiger partial charge in [0.1, 0.15) is 34.6 Å². The molecule has 2 aliphatic heterocycles. The standard InChI is InChI=1S/C20H30O8/c1-9(2)17(25)12(22)18(26)13(4)8-16(24)14(17,5)20(18,27)19(28-16)11(21)10(3)6-7-15(13,19)23/h9,11-12,21-27H,3,6-8H2,1-2,4-5H3/t11-,12-,13+,14-,15+,16+,17-,18-,19-,20-/m1/s1. The van der Waals surface area contributed by atoms with Crippen LogP contribution in [0, 0.1) is 16.7 Å². The lowest BCUT2D eigenvalue weighted by Crippen LogP contribution is -2.74. The van der Waals surface area contributed by atoms with E-state index in [-0.39, 0.29) is 24.8 Å². The molecule has 2 heterocycles. The van der Waals surface area contributed by atoms with Gasteiger partial charge in [-0.1, -0.05) is 27.4 Å². The quantitative estimate of drug-likeness (QED) is 0.265. The van der Waals surface area contributed by atoms with Gasteiger partial charge in [0.2, 0.25) is 0 Å². The second-order valence-corrected chi connectivity index (χ2v) is 10.5. The van der Waals surface area contributed by atoms with Crippen molar-refractivity contribution in [2.75, 3.05) is 0 Å². The monoisotopic (exact) mass is 398 g/mol. The minimum Gasteiger partial charge on any atom is -0.387 e. The number of ether oxygens (including phenoxy) is 1. The summed E-state index contributed by atoms with van der Waals surface area (Å²) in [5.41, 5.74) is -14.8. The van der Waals surface area contributed by atoms with E-state index < -0.39 is 62.7 Å². The number of aliphatic hydroxyl groups is 7. The predicted octanol–water partition coefficient (Wildman–Crippen LogP) is -1.46. The topological polar surface area (TPSA) is 151 Å². The molecule has 8 nitrogen and oxygen atoms in total. The van der Waals surface area contributed by atoms with Crippen molar-refractivity contribution < 1.29 is 40.5 Å². The molecule has 0 radical (unpaired) electrons. The highest BCUT2D eigenvalue weighted by atomic mass is 16.7. The molecule has 6 aliphatic rings. The maximum absolute atomic E-state index is 12.3. The molecular weight excluding hydrogens is 368 g/mol. The van der Waals surface area contributed by atoms with Gasteiger partial charge in [0.25, 0.3) is 0 Å². The van der Waals surface area contributed by atoms with Gasteiger partial charge < -0.3 is 40.5 Å². The van der Waals surface area contributed by atoms with Crippen LogP contribution in [0.5, 0.6) is 0 Å². The molecule has 0 aromatic heterocycles. The highest BCUT2D eigenvalue weighted by Gasteiger charge is 3.09. The lowest BCUT2D eigenvalue weighted by Gasteiger charge is -2.60. The molecule has 0 amide bonds. The molecule has 8 heteroatoms. The molecule has 0 aromatic carbocycles. The van der Waals surface area contributed by atoms with Crippen LogP contribution in [0.25, 0.3) is 0 Å². The fourth-order valence-electron chi connectivity index (χ4n) is 8.54. The summed E-state index contributed by atoms with van der Waals surface area (Å²) < 4.78 is 5.99. The van der Waals surface area contributed by atoms with Crippen molar-refractivity contribution in [1.29, 1.82) is 0 Å². The zero-order valence-electron chi connectivity index (χ0n) is 16.6. The summed E-state index contributed by atoms with van der Waals surface area (Å²) in [7, 11) is 0. The fraction of sp³-hybridized carbons (Fsp3) is 0.900. The van der Waals surface area contributed by atoms with Gasteiger partial charge in [-0.15, -0.1) is 0 Å². The molecule has 6 bridgehead atoms. The SMILES string of the molecule is C=C1CC[C@]2(O)[C@]3(C)C[C@]4(O)O[C@@]2([C@@H]1O)[C@]1(O)[C@@]3(O)[C@H](O)[C@](O)(C(C)C)[C@]14C. The highest BCUT2D eigenvalue weighted by molar-refractivity contribution is 5.57. The average molecular weight is 398 g/mol. The van der Waals surface area contributed by atoms with Gasteiger partial charge in [-0.3, -0.25) is 0 Å². The number of hydrogen-bond acceptors (Lipinski definition) is 8. The third kappa shape index (κ3) is 1.10. The van der Waals surface area contributed by atoms with Crippen molar-refractivity contribution in [2.45, 2.75) is 93.0 Å². The molecule has 10 atom stereocenters. The molecule has 0 aromatic rings. The van der Waals surface area contributed by atoms with Crippen LogP contribution >= 0.6 is 0 Å². The lowest BCUT2D eigenvalue weighted by molar-refractivity contribution is -0.383. The van der Waals surface area contributed by atoms with E-state index in [1.54, 1.807) is 13.8 Å². The molecule has 0 unspecified atom stereocenters. The van der Waals surface area contributed by atoms with Crippen LogP contribution in [0.4, 0.5) is 0 Å². The molecule has 6 fully saturated rings. The predicted molar refractivity (Wildman–Crippen MR) is 94.6 cm³/mol. The summed E-state index contributed by atoms with van der Waals surface area (Å²) in [4.78, 5) is 0. The summed E-state index contributed by atoms with van der Waals surface area (Å²) in [6, 6.07) is 0. The zero-order chi connectivity index (χ0) is 21.1. The minimum absolute atomic E-state index is 0.0169. The Hall–Kier alpha value is -0.580. The summed E-state index contributed by atoms with van der Waals surface area (Å²) in [6.45, 7) is 9.88. The fourth-order valence-corrected chi connectivity index (χ4v) is 8.54. The smallest absolute Gasteiger partial charge is 0.178 e. The lowest BCUT2D eigenvalue weighted by atomic mass is 9.52. The minimum atomic E-state index is -2.55. The van der Waals surface area contributed by atoms with E-state index in [1.807, 2.05) is 0 Å². The van der Waals surface area contributed by atoms with Gasteiger partial charge in [0, 0.05) is 11.8 Å². The van der Waals surface area contributed by atoms with Gasteiger partial charge >= 0.3 is 0 Å². The van der Waals surface area contributed by atoms with Crippen LogP contribution in [0.3, 0.4) is 0 Å². The van der Waals surface area contributed by atoms with Crippen molar-refractivity contribution in [3.05, 3.63) is 12.2 Å². The molecule has 158 valence electrons. The zero-order valence-corrected chi connectivity index (χ0v) is 16.6. The average Bonchev–Trinajstić information content (AvgIpc) is 2.84. The van der Waals surface area contributed by atoms with Crippen molar-refractivity contribution >= 4 is 0 Å². The van der Waals surface area contributed by atoms with E-state index in [1.165, 1.54) is 13.8 Å². The second-order valence-electron chi connectivity index (χ2n) is 10.5. The van der Waals surface area contributed by atoms with Gasteiger partial charge in [-0.05, 0) is 31.3 Å². The van der Waals surface area contributed by atoms with Crippen molar-refractivity contribution in [2.24, 2.45) is 16.7 Å². The Morgan fingerprint density at radius 1 is 1.07 bits per heavy atom. The van der Waals surface area contributed by atoms with Crippen molar-refractivity contribution in [1.82, 2.24) is 0 Å². The highest BCUT2D eigenvalue weighted by Crippen LogP contribution is 2.90. The third-order valence-electron chi connectivity index (χ3n) is 9.96. The second kappa shape index (κ2) is 4.24. The Labute approximate surface area is 163 Å². The Kier molecular flexibility index (Phi) is 2.94. The van der Waals surface area contributed by atoms with Gasteiger partial charge in [0.05, 0.1) is 5.41 Å². The summed E-state index contributed by atoms with van der Waals surface area (Å²) in [6.07, 6.45) is -3.59. The molecule has 4 saturated carbocycles. The first-order chi connectivity index (χ1) is 12.6. The van der Waals surface area contributed by atoms with Crippen LogP contribution in [0.1, 0.15) is 47.0 Å². The maximum atomic E-state index is 12.3. The molecule has 2 saturated heterocycles. The van der Waals surface area contributed by atoms with Gasteiger partial charge in [-0.25, -0.2) is 0 Å². The first kappa shape index (κ1) is 19.4. The van der Waals surface area contributed by atoms with Crippen LogP contribution < -0.4 is 0 Å². The molecule has 7 N–H and O–H groups in total. The van der Waals surface area contributed by atoms with Gasteiger partial charge in [0.15, 0.2) is 11.4 Å². The van der Waals surface area contributed by atoms with E-state index in [2.05, 4.69) is 6.58 Å². The van der Waals surface area contributed by atoms with E-state index in [0.29, 0.717) is 0 Å². The van der Waals surface area contributed by atoms with E-state index in [9.17, 15) is 35.7 Å². The van der Waals surface area contributed by atoms with Crippen LogP contribution in [-0.4, -0.2) is 81.7 Å². The summed E-state index contributed by atoms with van der Waals surface area (Å²) in [5, 5.41) is 82.0. The van der Waals surface area contributed by atoms with E-state index in [4.69, 9.17) is 4.74 Å². The van der Waals surface area contributed by atoms with Crippen molar-refractivity contribution in [3.63, 3.8) is 0 Å². The molecule has 28 heavy (non-hydrogen) atoms. The van der Waals surface area contributed by atoms with Crippen molar-refractivity contribution in [3.8, 4) is 0 Å². The Morgan fingerprint density at radius 2 is 1.64 bits per heavy atom. The number of aliphatic hydroxyl groups excluding tert-OH is 2. The Morgan fingerprint density at radius 3 is 2.18 bits per heavy atom. The Bertz CT molecular complexity index is 831. The van der Waals surface area contributed by atoms with Gasteiger partial charge in [-0.2, -0.15) is 0 Å². The largest absolute Gasteiger partial charge is 0.387 e. The number of hydrogen-bond donors (Lipinski definition) is 7. The Balaban J connectivity index is 1.98. The molecule has 6 rings (SSSR count). The first-order valence-electron chi connectivity index (χ1n) is 9.91. The third-order valence-corrected chi connectivity index (χ3v) is 9.96. The molecule has 1 spiro atoms. The summed E-state index contributed by atoms with van der Waals surface area (Å²) >= 11 is 0. The molecule has 4 aliphatic carbocycles. The number of rotatable bonds is 1. The van der Waals surface area contributed by atoms with Crippen LogP contribution in [-0.2, 0) is 4.74 Å². The van der Waals surface area contributed by atoms with Crippen LogP contribution in [0.2, 0.25) is 0 Å². The maximum Gasteiger partial charge on any atom is 0.178 e.